The monoisotopic (exact) mass is 380 g/mol. The number of hydrogen-bond acceptors (Lipinski definition) is 5. The number of amides is 1. The summed E-state index contributed by atoms with van der Waals surface area (Å²) < 4.78 is 51.8. The van der Waals surface area contributed by atoms with Crippen molar-refractivity contribution >= 4 is 5.91 Å². The molecule has 0 aromatic carbocycles. The average Bonchev–Trinajstić information content (AvgIpc) is 2.84. The van der Waals surface area contributed by atoms with Crippen LogP contribution in [0.1, 0.15) is 25.7 Å². The van der Waals surface area contributed by atoms with Crippen molar-refractivity contribution in [3.63, 3.8) is 0 Å². The lowest BCUT2D eigenvalue weighted by Crippen LogP contribution is -2.59. The Morgan fingerprint density at radius 1 is 1.31 bits per heavy atom. The van der Waals surface area contributed by atoms with Crippen molar-refractivity contribution in [3.8, 4) is 0 Å². The summed E-state index contributed by atoms with van der Waals surface area (Å²) in [5.41, 5.74) is -2.37. The molecular weight excluding hydrogens is 353 g/mol. The molecule has 2 aliphatic heterocycles. The van der Waals surface area contributed by atoms with Gasteiger partial charge < -0.3 is 19.9 Å². The Labute approximate surface area is 151 Å². The second-order valence-electron chi connectivity index (χ2n) is 6.54. The van der Waals surface area contributed by atoms with Gasteiger partial charge in [-0.2, -0.15) is 13.2 Å². The molecule has 2 saturated heterocycles. The first kappa shape index (κ1) is 21.1. The summed E-state index contributed by atoms with van der Waals surface area (Å²) in [4.78, 5) is 14.5. The van der Waals surface area contributed by atoms with E-state index >= 15 is 0 Å². The summed E-state index contributed by atoms with van der Waals surface area (Å²) in [7, 11) is 0. The van der Waals surface area contributed by atoms with Gasteiger partial charge in [-0.05, 0) is 19.3 Å². The summed E-state index contributed by atoms with van der Waals surface area (Å²) >= 11 is 0. The molecule has 2 N–H and O–H groups in total. The molecule has 0 radical (unpaired) electrons. The predicted molar refractivity (Wildman–Crippen MR) is 88.6 cm³/mol. The zero-order valence-corrected chi connectivity index (χ0v) is 14.8. The largest absolute Gasteiger partial charge is 0.426 e. The first-order chi connectivity index (χ1) is 12.4. The fourth-order valence-corrected chi connectivity index (χ4v) is 3.20. The molecule has 26 heavy (non-hydrogen) atoms. The molecule has 0 bridgehead atoms. The molecule has 6 nitrogen and oxygen atoms in total. The van der Waals surface area contributed by atoms with Crippen LogP contribution >= 0.6 is 0 Å². The molecule has 1 amide bonds. The minimum Gasteiger partial charge on any atom is -0.396 e. The highest BCUT2D eigenvalue weighted by Crippen LogP contribution is 2.41. The van der Waals surface area contributed by atoms with E-state index in [1.54, 1.807) is 6.08 Å². The SMILES string of the molecule is O=C(NCCN1CCOCC1)C1(C(F)(F)F)C/C(=C/CCO)CCCO1. The van der Waals surface area contributed by atoms with Gasteiger partial charge in [0.05, 0.1) is 13.2 Å². The number of carbonyl (C=O) groups is 1. The summed E-state index contributed by atoms with van der Waals surface area (Å²) in [5.74, 6) is -1.14. The number of aliphatic hydroxyl groups is 1. The number of nitrogens with one attached hydrogen (secondary N) is 1. The number of aliphatic hydroxyl groups excluding tert-OH is 1. The van der Waals surface area contributed by atoms with Crippen molar-refractivity contribution in [2.45, 2.75) is 37.5 Å². The molecular formula is C17H27F3N2O4. The molecule has 2 aliphatic rings. The Kier molecular flexibility index (Phi) is 7.87. The third kappa shape index (κ3) is 5.42. The van der Waals surface area contributed by atoms with E-state index in [-0.39, 0.29) is 26.2 Å². The van der Waals surface area contributed by atoms with Crippen LogP contribution in [-0.2, 0) is 14.3 Å². The lowest BCUT2D eigenvalue weighted by atomic mass is 9.90. The van der Waals surface area contributed by atoms with Gasteiger partial charge in [0.25, 0.3) is 5.91 Å². The van der Waals surface area contributed by atoms with E-state index in [0.29, 0.717) is 51.3 Å². The lowest BCUT2D eigenvalue weighted by molar-refractivity contribution is -0.265. The van der Waals surface area contributed by atoms with E-state index in [0.717, 1.165) is 0 Å². The Balaban J connectivity index is 2.05. The normalized spacial score (nSPS) is 27.3. The quantitative estimate of drug-likeness (QED) is 0.679. The second kappa shape index (κ2) is 9.68. The van der Waals surface area contributed by atoms with Crippen LogP contribution in [0.3, 0.4) is 0 Å². The topological polar surface area (TPSA) is 71.0 Å². The summed E-state index contributed by atoms with van der Waals surface area (Å²) in [5, 5.41) is 11.3. The third-order valence-corrected chi connectivity index (χ3v) is 4.67. The summed E-state index contributed by atoms with van der Waals surface area (Å²) in [6.07, 6.45) is -2.66. The average molecular weight is 380 g/mol. The van der Waals surface area contributed by atoms with E-state index in [4.69, 9.17) is 14.6 Å². The van der Waals surface area contributed by atoms with Crippen LogP contribution in [0.25, 0.3) is 0 Å². The van der Waals surface area contributed by atoms with Gasteiger partial charge in [0, 0.05) is 45.8 Å². The number of ether oxygens (including phenoxy) is 2. The molecule has 0 saturated carbocycles. The molecule has 0 aromatic rings. The van der Waals surface area contributed by atoms with Gasteiger partial charge in [-0.3, -0.25) is 9.69 Å². The maximum absolute atomic E-state index is 13.8. The third-order valence-electron chi connectivity index (χ3n) is 4.67. The molecule has 2 rings (SSSR count). The second-order valence-corrected chi connectivity index (χ2v) is 6.54. The van der Waals surface area contributed by atoms with Crippen LogP contribution < -0.4 is 5.32 Å². The Morgan fingerprint density at radius 3 is 2.69 bits per heavy atom. The number of morpholine rings is 1. The molecule has 0 spiro atoms. The molecule has 1 unspecified atom stereocenters. The van der Waals surface area contributed by atoms with Gasteiger partial charge in [0.2, 0.25) is 5.60 Å². The van der Waals surface area contributed by atoms with Crippen molar-refractivity contribution < 1.29 is 32.5 Å². The molecule has 2 fully saturated rings. The van der Waals surface area contributed by atoms with Crippen LogP contribution in [0.15, 0.2) is 11.6 Å². The van der Waals surface area contributed by atoms with Gasteiger partial charge in [-0.15, -0.1) is 0 Å². The number of alkyl halides is 3. The molecule has 1 atom stereocenters. The van der Waals surface area contributed by atoms with Crippen molar-refractivity contribution in [3.05, 3.63) is 11.6 Å². The van der Waals surface area contributed by atoms with Crippen molar-refractivity contribution in [1.29, 1.82) is 0 Å². The summed E-state index contributed by atoms with van der Waals surface area (Å²) in [6, 6.07) is 0. The maximum atomic E-state index is 13.8. The highest BCUT2D eigenvalue weighted by atomic mass is 19.4. The van der Waals surface area contributed by atoms with Crippen LogP contribution in [-0.4, -0.2) is 80.3 Å². The van der Waals surface area contributed by atoms with Crippen LogP contribution in [0.2, 0.25) is 0 Å². The number of hydrogen-bond donors (Lipinski definition) is 2. The Morgan fingerprint density at radius 2 is 2.04 bits per heavy atom. The first-order valence-electron chi connectivity index (χ1n) is 8.97. The van der Waals surface area contributed by atoms with E-state index in [1.807, 2.05) is 4.90 Å². The van der Waals surface area contributed by atoms with Crippen LogP contribution in [0.5, 0.6) is 0 Å². The van der Waals surface area contributed by atoms with Gasteiger partial charge >= 0.3 is 6.18 Å². The maximum Gasteiger partial charge on any atom is 0.426 e. The fraction of sp³-hybridized carbons (Fsp3) is 0.824. The molecule has 9 heteroatoms. The summed E-state index contributed by atoms with van der Waals surface area (Å²) in [6.45, 7) is 2.88. The minimum atomic E-state index is -4.82. The van der Waals surface area contributed by atoms with Crippen LogP contribution in [0, 0.1) is 0 Å². The Hall–Kier alpha value is -1.16. The molecule has 150 valence electrons. The molecule has 0 aromatic heterocycles. The van der Waals surface area contributed by atoms with Gasteiger partial charge in [0.1, 0.15) is 0 Å². The molecule has 2 heterocycles. The molecule has 0 aliphatic carbocycles. The highest BCUT2D eigenvalue weighted by molar-refractivity contribution is 5.86. The van der Waals surface area contributed by atoms with Crippen molar-refractivity contribution in [1.82, 2.24) is 10.2 Å². The number of carbonyl (C=O) groups excluding carboxylic acids is 1. The fourth-order valence-electron chi connectivity index (χ4n) is 3.20. The van der Waals surface area contributed by atoms with E-state index in [9.17, 15) is 18.0 Å². The predicted octanol–water partition coefficient (Wildman–Crippen LogP) is 1.25. The standard InChI is InChI=1S/C17H27F3N2O4/c18-17(19,20)16(13-14(3-1-9-23)4-2-10-26-16)15(24)21-5-6-22-7-11-25-12-8-22/h3,23H,1-2,4-13H2,(H,21,24)/b14-3+. The van der Waals surface area contributed by atoms with E-state index < -0.39 is 24.1 Å². The first-order valence-corrected chi connectivity index (χ1v) is 8.97. The Bertz CT molecular complexity index is 493. The van der Waals surface area contributed by atoms with Gasteiger partial charge in [0.15, 0.2) is 0 Å². The number of rotatable bonds is 6. The van der Waals surface area contributed by atoms with Gasteiger partial charge in [-0.1, -0.05) is 11.6 Å². The zero-order valence-electron chi connectivity index (χ0n) is 14.8. The lowest BCUT2D eigenvalue weighted by Gasteiger charge is -2.34. The van der Waals surface area contributed by atoms with E-state index in [1.165, 1.54) is 0 Å². The minimum absolute atomic E-state index is 0.121. The van der Waals surface area contributed by atoms with Crippen molar-refractivity contribution in [2.75, 3.05) is 52.6 Å². The zero-order chi connectivity index (χ0) is 19.0. The number of nitrogens with zero attached hydrogens (tertiary/aromatic N) is 1. The van der Waals surface area contributed by atoms with Crippen LogP contribution in [0.4, 0.5) is 13.2 Å². The highest BCUT2D eigenvalue weighted by Gasteiger charge is 2.62. The van der Waals surface area contributed by atoms with Gasteiger partial charge in [-0.25, -0.2) is 0 Å². The van der Waals surface area contributed by atoms with Crippen molar-refractivity contribution in [2.24, 2.45) is 0 Å². The van der Waals surface area contributed by atoms with E-state index in [2.05, 4.69) is 5.32 Å². The smallest absolute Gasteiger partial charge is 0.396 e. The number of halogens is 3.